The molecule has 0 aliphatic rings. The maximum absolute atomic E-state index is 10.8. The van der Waals surface area contributed by atoms with Crippen molar-refractivity contribution in [2.24, 2.45) is 0 Å². The molecule has 0 spiro atoms. The predicted molar refractivity (Wildman–Crippen MR) is 70.2 cm³/mol. The summed E-state index contributed by atoms with van der Waals surface area (Å²) in [6.45, 7) is 0.0776. The van der Waals surface area contributed by atoms with Gasteiger partial charge >= 0.3 is 0 Å². The Morgan fingerprint density at radius 2 is 2.17 bits per heavy atom. The molecule has 0 aliphatic heterocycles. The SMILES string of the molecule is CS(=O)(=O)OCCc1cccc(NCS(=O)O)c1. The van der Waals surface area contributed by atoms with Crippen LogP contribution in [0.15, 0.2) is 24.3 Å². The van der Waals surface area contributed by atoms with Crippen LogP contribution in [0.4, 0.5) is 5.69 Å². The number of rotatable bonds is 7. The van der Waals surface area contributed by atoms with E-state index in [4.69, 9.17) is 4.55 Å². The average molecular weight is 293 g/mol. The topological polar surface area (TPSA) is 92.7 Å². The van der Waals surface area contributed by atoms with Gasteiger partial charge in [0, 0.05) is 5.69 Å². The molecule has 0 aromatic heterocycles. The number of benzene rings is 1. The molecular weight excluding hydrogens is 278 g/mol. The molecule has 0 radical (unpaired) electrons. The third-order valence-electron chi connectivity index (χ3n) is 2.01. The number of hydrogen-bond donors (Lipinski definition) is 2. The smallest absolute Gasteiger partial charge is 0.264 e. The first-order chi connectivity index (χ1) is 8.37. The number of hydrogen-bond acceptors (Lipinski definition) is 5. The van der Waals surface area contributed by atoms with Gasteiger partial charge in [-0.2, -0.15) is 8.42 Å². The van der Waals surface area contributed by atoms with E-state index in [1.807, 2.05) is 6.07 Å². The quantitative estimate of drug-likeness (QED) is 0.570. The van der Waals surface area contributed by atoms with Crippen molar-refractivity contribution in [1.82, 2.24) is 0 Å². The van der Waals surface area contributed by atoms with Gasteiger partial charge in [-0.15, -0.1) is 0 Å². The summed E-state index contributed by atoms with van der Waals surface area (Å²) in [4.78, 5) is 0. The molecule has 6 nitrogen and oxygen atoms in total. The van der Waals surface area contributed by atoms with Gasteiger partial charge in [0.15, 0.2) is 11.1 Å². The summed E-state index contributed by atoms with van der Waals surface area (Å²) in [5.74, 6) is -0.0523. The lowest BCUT2D eigenvalue weighted by Crippen LogP contribution is -2.08. The maximum atomic E-state index is 10.8. The zero-order valence-electron chi connectivity index (χ0n) is 9.83. The Kier molecular flexibility index (Phi) is 5.73. The van der Waals surface area contributed by atoms with Crippen LogP contribution in [0.2, 0.25) is 0 Å². The molecule has 1 atom stereocenters. The van der Waals surface area contributed by atoms with Crippen molar-refractivity contribution in [3.8, 4) is 0 Å². The van der Waals surface area contributed by atoms with Crippen molar-refractivity contribution >= 4 is 26.9 Å². The van der Waals surface area contributed by atoms with E-state index in [1.165, 1.54) is 0 Å². The van der Waals surface area contributed by atoms with Crippen molar-refractivity contribution in [1.29, 1.82) is 0 Å². The molecule has 102 valence electrons. The minimum absolute atomic E-state index is 0.0523. The summed E-state index contributed by atoms with van der Waals surface area (Å²) in [6, 6.07) is 7.14. The van der Waals surface area contributed by atoms with Gasteiger partial charge < -0.3 is 9.87 Å². The molecule has 0 aliphatic carbocycles. The third kappa shape index (κ3) is 6.70. The second-order valence-electron chi connectivity index (χ2n) is 3.62. The highest BCUT2D eigenvalue weighted by Gasteiger charge is 2.02. The van der Waals surface area contributed by atoms with Crippen molar-refractivity contribution in [3.63, 3.8) is 0 Å². The van der Waals surface area contributed by atoms with Crippen LogP contribution >= 0.6 is 0 Å². The first-order valence-corrected chi connectivity index (χ1v) is 8.21. The van der Waals surface area contributed by atoms with Gasteiger partial charge in [-0.25, -0.2) is 4.21 Å². The summed E-state index contributed by atoms with van der Waals surface area (Å²) in [5.41, 5.74) is 1.58. The van der Waals surface area contributed by atoms with E-state index >= 15 is 0 Å². The molecule has 0 bridgehead atoms. The Bertz CT molecular complexity index is 515. The first kappa shape index (κ1) is 15.1. The fourth-order valence-corrected chi connectivity index (χ4v) is 1.97. The van der Waals surface area contributed by atoms with Gasteiger partial charge in [-0.3, -0.25) is 4.18 Å². The lowest BCUT2D eigenvalue weighted by atomic mass is 10.1. The van der Waals surface area contributed by atoms with Crippen molar-refractivity contribution in [3.05, 3.63) is 29.8 Å². The lowest BCUT2D eigenvalue weighted by molar-refractivity contribution is 0.326. The van der Waals surface area contributed by atoms with Gasteiger partial charge in [-0.1, -0.05) is 12.1 Å². The fraction of sp³-hybridized carbons (Fsp3) is 0.400. The van der Waals surface area contributed by atoms with Crippen LogP contribution in [0, 0.1) is 0 Å². The average Bonchev–Trinajstić information content (AvgIpc) is 2.25. The molecule has 1 aromatic rings. The van der Waals surface area contributed by atoms with Gasteiger partial charge in [0.25, 0.3) is 10.1 Å². The highest BCUT2D eigenvalue weighted by atomic mass is 32.2. The molecule has 1 aromatic carbocycles. The Hall–Kier alpha value is -0.960. The van der Waals surface area contributed by atoms with Crippen LogP contribution in [-0.4, -0.2) is 35.9 Å². The van der Waals surface area contributed by atoms with Crippen molar-refractivity contribution < 1.29 is 21.4 Å². The highest BCUT2D eigenvalue weighted by Crippen LogP contribution is 2.11. The van der Waals surface area contributed by atoms with E-state index < -0.39 is 21.2 Å². The second-order valence-corrected chi connectivity index (χ2v) is 6.19. The second kappa shape index (κ2) is 6.83. The molecule has 0 saturated carbocycles. The Balaban J connectivity index is 2.51. The van der Waals surface area contributed by atoms with Crippen LogP contribution < -0.4 is 5.32 Å². The maximum Gasteiger partial charge on any atom is 0.264 e. The Labute approximate surface area is 109 Å². The minimum atomic E-state index is -3.41. The van der Waals surface area contributed by atoms with Crippen LogP contribution in [0.5, 0.6) is 0 Å². The van der Waals surface area contributed by atoms with Crippen LogP contribution in [-0.2, 0) is 31.8 Å². The fourth-order valence-electron chi connectivity index (χ4n) is 1.29. The zero-order valence-corrected chi connectivity index (χ0v) is 11.5. The molecule has 8 heteroatoms. The van der Waals surface area contributed by atoms with E-state index in [9.17, 15) is 12.6 Å². The summed E-state index contributed by atoms with van der Waals surface area (Å²) in [5, 5.41) is 2.78. The van der Waals surface area contributed by atoms with Crippen molar-refractivity contribution in [2.45, 2.75) is 6.42 Å². The minimum Gasteiger partial charge on any atom is -0.372 e. The van der Waals surface area contributed by atoms with E-state index in [2.05, 4.69) is 9.50 Å². The zero-order chi connectivity index (χ0) is 13.6. The lowest BCUT2D eigenvalue weighted by Gasteiger charge is -2.06. The van der Waals surface area contributed by atoms with E-state index in [0.29, 0.717) is 12.1 Å². The molecular formula is C10H15NO5S2. The number of nitrogens with one attached hydrogen (secondary N) is 1. The van der Waals surface area contributed by atoms with E-state index in [-0.39, 0.29) is 12.5 Å². The predicted octanol–water partition coefficient (Wildman–Crippen LogP) is 0.796. The molecule has 1 rings (SSSR count). The first-order valence-electron chi connectivity index (χ1n) is 5.11. The van der Waals surface area contributed by atoms with Gasteiger partial charge in [0.05, 0.1) is 12.9 Å². The summed E-state index contributed by atoms with van der Waals surface area (Å²) in [6.07, 6.45) is 1.45. The molecule has 0 amide bonds. The molecule has 1 unspecified atom stereocenters. The van der Waals surface area contributed by atoms with Crippen molar-refractivity contribution in [2.75, 3.05) is 24.1 Å². The normalized spacial score (nSPS) is 13.2. The van der Waals surface area contributed by atoms with E-state index in [1.54, 1.807) is 18.2 Å². The van der Waals surface area contributed by atoms with Crippen LogP contribution in [0.1, 0.15) is 5.56 Å². The van der Waals surface area contributed by atoms with Gasteiger partial charge in [0.2, 0.25) is 0 Å². The molecule has 0 fully saturated rings. The third-order valence-corrected chi connectivity index (χ3v) is 3.00. The summed E-state index contributed by atoms with van der Waals surface area (Å²) in [7, 11) is -3.41. The molecule has 2 N–H and O–H groups in total. The standard InChI is InChI=1S/C10H15NO5S2/c1-18(14,15)16-6-5-9-3-2-4-10(7-9)11-8-17(12)13/h2-4,7,11H,5-6,8H2,1H3,(H,12,13). The largest absolute Gasteiger partial charge is 0.372 e. The summed E-state index contributed by atoms with van der Waals surface area (Å²) < 4.78 is 45.3. The van der Waals surface area contributed by atoms with Crippen LogP contribution in [0.25, 0.3) is 0 Å². The monoisotopic (exact) mass is 293 g/mol. The molecule has 0 saturated heterocycles. The summed E-state index contributed by atoms with van der Waals surface area (Å²) >= 11 is -1.90. The number of anilines is 1. The Morgan fingerprint density at radius 1 is 1.44 bits per heavy atom. The highest BCUT2D eigenvalue weighted by molar-refractivity contribution is 7.86. The van der Waals surface area contributed by atoms with E-state index in [0.717, 1.165) is 11.8 Å². The Morgan fingerprint density at radius 3 is 2.78 bits per heavy atom. The van der Waals surface area contributed by atoms with Crippen LogP contribution in [0.3, 0.4) is 0 Å². The molecule has 0 heterocycles. The molecule has 18 heavy (non-hydrogen) atoms. The van der Waals surface area contributed by atoms with Gasteiger partial charge in [0.1, 0.15) is 5.88 Å². The van der Waals surface area contributed by atoms with Gasteiger partial charge in [-0.05, 0) is 24.1 Å².